The molecule has 0 bridgehead atoms. The van der Waals surface area contributed by atoms with E-state index in [0.29, 0.717) is 11.3 Å². The molecule has 0 unspecified atom stereocenters. The fourth-order valence-electron chi connectivity index (χ4n) is 1.32. The zero-order chi connectivity index (χ0) is 14.9. The predicted octanol–water partition coefficient (Wildman–Crippen LogP) is 0.750. The van der Waals surface area contributed by atoms with Crippen LogP contribution in [0, 0.1) is 0 Å². The van der Waals surface area contributed by atoms with E-state index in [1.165, 1.54) is 12.3 Å². The first-order valence-electron chi connectivity index (χ1n) is 4.98. The van der Waals surface area contributed by atoms with Gasteiger partial charge in [-0.1, -0.05) is 0 Å². The van der Waals surface area contributed by atoms with Gasteiger partial charge in [0.05, 0.1) is 5.56 Å². The Balaban J connectivity index is 2.38. The van der Waals surface area contributed by atoms with Crippen molar-refractivity contribution in [3.63, 3.8) is 0 Å². The summed E-state index contributed by atoms with van der Waals surface area (Å²) in [6.45, 7) is 0. The smallest absolute Gasteiger partial charge is 0.276 e. The van der Waals surface area contributed by atoms with Crippen molar-refractivity contribution in [1.29, 1.82) is 0 Å². The molecule has 0 saturated heterocycles. The molecule has 2 amide bonds. The largest absolute Gasteiger partial charge is 0.366 e. The van der Waals surface area contributed by atoms with E-state index in [1.54, 1.807) is 0 Å². The van der Waals surface area contributed by atoms with Gasteiger partial charge in [-0.05, 0) is 12.1 Å². The third kappa shape index (κ3) is 2.98. The molecule has 0 saturated carbocycles. The number of halogens is 1. The SMILES string of the molecule is NC(=O)c1cc(S(=O)(=O)Cl)sc1NC(=O)c1cc[nH]n1. The van der Waals surface area contributed by atoms with E-state index < -0.39 is 20.9 Å². The summed E-state index contributed by atoms with van der Waals surface area (Å²) in [5.41, 5.74) is 5.05. The van der Waals surface area contributed by atoms with E-state index in [0.717, 1.165) is 6.07 Å². The average Bonchev–Trinajstić information content (AvgIpc) is 2.96. The summed E-state index contributed by atoms with van der Waals surface area (Å²) in [5, 5.41) is 8.45. The Kier molecular flexibility index (Phi) is 3.79. The van der Waals surface area contributed by atoms with Crippen molar-refractivity contribution < 1.29 is 18.0 Å². The second kappa shape index (κ2) is 5.23. The molecule has 2 aromatic rings. The highest BCUT2D eigenvalue weighted by atomic mass is 35.7. The minimum absolute atomic E-state index is 0.00951. The van der Waals surface area contributed by atoms with Crippen molar-refractivity contribution in [3.8, 4) is 0 Å². The molecule has 0 spiro atoms. The number of amides is 2. The molecule has 0 atom stereocenters. The summed E-state index contributed by atoms with van der Waals surface area (Å²) in [6, 6.07) is 2.42. The highest BCUT2D eigenvalue weighted by Crippen LogP contribution is 2.33. The quantitative estimate of drug-likeness (QED) is 0.709. The molecule has 2 heterocycles. The first-order chi connectivity index (χ1) is 9.29. The number of nitrogens with one attached hydrogen (secondary N) is 2. The molecule has 0 aliphatic carbocycles. The van der Waals surface area contributed by atoms with Crippen molar-refractivity contribution >= 4 is 47.9 Å². The fraction of sp³-hybridized carbons (Fsp3) is 0. The second-order valence-electron chi connectivity index (χ2n) is 3.52. The summed E-state index contributed by atoms with van der Waals surface area (Å²) in [7, 11) is 1.17. The molecule has 0 aliphatic heterocycles. The molecule has 11 heteroatoms. The number of hydrogen-bond acceptors (Lipinski definition) is 6. The Labute approximate surface area is 121 Å². The van der Waals surface area contributed by atoms with Crippen LogP contribution < -0.4 is 11.1 Å². The van der Waals surface area contributed by atoms with Crippen LogP contribution >= 0.6 is 22.0 Å². The van der Waals surface area contributed by atoms with E-state index in [-0.39, 0.29) is 20.5 Å². The number of aromatic nitrogens is 2. The van der Waals surface area contributed by atoms with Gasteiger partial charge in [0, 0.05) is 16.9 Å². The highest BCUT2D eigenvalue weighted by molar-refractivity contribution is 8.15. The van der Waals surface area contributed by atoms with Gasteiger partial charge in [0.1, 0.15) is 14.9 Å². The Morgan fingerprint density at radius 2 is 2.15 bits per heavy atom. The number of hydrogen-bond donors (Lipinski definition) is 3. The molecule has 0 aromatic carbocycles. The standard InChI is InChI=1S/C9H7ClN4O4S2/c10-20(17,18)6-3-4(7(11)15)9(19-6)13-8(16)5-1-2-12-14-5/h1-3H,(H2,11,15)(H,12,14)(H,13,16). The number of primary amides is 1. The lowest BCUT2D eigenvalue weighted by Gasteiger charge is -2.01. The molecule has 20 heavy (non-hydrogen) atoms. The van der Waals surface area contributed by atoms with Crippen LogP contribution in [0.1, 0.15) is 20.8 Å². The monoisotopic (exact) mass is 334 g/mol. The van der Waals surface area contributed by atoms with Crippen LogP contribution in [0.2, 0.25) is 0 Å². The second-order valence-corrected chi connectivity index (χ2v) is 7.37. The maximum atomic E-state index is 11.8. The molecule has 0 aliphatic rings. The Morgan fingerprint density at radius 1 is 1.45 bits per heavy atom. The van der Waals surface area contributed by atoms with Crippen LogP contribution in [0.4, 0.5) is 5.00 Å². The Bertz CT molecular complexity index is 766. The van der Waals surface area contributed by atoms with E-state index in [9.17, 15) is 18.0 Å². The number of thiophene rings is 1. The molecular formula is C9H7ClN4O4S2. The number of nitrogens with two attached hydrogens (primary N) is 1. The lowest BCUT2D eigenvalue weighted by Crippen LogP contribution is -2.16. The van der Waals surface area contributed by atoms with Crippen LogP contribution in [-0.2, 0) is 9.05 Å². The van der Waals surface area contributed by atoms with Gasteiger partial charge in [-0.25, -0.2) is 8.42 Å². The predicted molar refractivity (Wildman–Crippen MR) is 72.4 cm³/mol. The number of anilines is 1. The zero-order valence-corrected chi connectivity index (χ0v) is 12.0. The fourth-order valence-corrected chi connectivity index (χ4v) is 3.43. The number of nitrogens with zero attached hydrogens (tertiary/aromatic N) is 1. The molecule has 106 valence electrons. The number of carbonyl (C=O) groups is 2. The van der Waals surface area contributed by atoms with Crippen LogP contribution in [0.3, 0.4) is 0 Å². The molecule has 2 rings (SSSR count). The molecule has 8 nitrogen and oxygen atoms in total. The number of H-pyrrole nitrogens is 1. The van der Waals surface area contributed by atoms with Crippen molar-refractivity contribution in [2.24, 2.45) is 5.73 Å². The number of aromatic amines is 1. The summed E-state index contributed by atoms with van der Waals surface area (Å²) < 4.78 is 22.2. The normalized spacial score (nSPS) is 11.2. The molecule has 2 aromatic heterocycles. The number of carbonyl (C=O) groups excluding carboxylic acids is 2. The van der Waals surface area contributed by atoms with Crippen LogP contribution in [0.25, 0.3) is 0 Å². The molecule has 0 radical (unpaired) electrons. The maximum Gasteiger partial charge on any atom is 0.276 e. The van der Waals surface area contributed by atoms with Crippen molar-refractivity contribution in [2.75, 3.05) is 5.32 Å². The van der Waals surface area contributed by atoms with E-state index in [4.69, 9.17) is 16.4 Å². The first kappa shape index (κ1) is 14.5. The van der Waals surface area contributed by atoms with Crippen molar-refractivity contribution in [1.82, 2.24) is 10.2 Å². The zero-order valence-electron chi connectivity index (χ0n) is 9.58. The summed E-state index contributed by atoms with van der Waals surface area (Å²) in [4.78, 5) is 23.0. The Hall–Kier alpha value is -1.91. The average molecular weight is 335 g/mol. The third-order valence-corrected chi connectivity index (χ3v) is 5.30. The van der Waals surface area contributed by atoms with Gasteiger partial charge in [-0.3, -0.25) is 14.7 Å². The topological polar surface area (TPSA) is 135 Å². The van der Waals surface area contributed by atoms with Gasteiger partial charge in [0.15, 0.2) is 0 Å². The van der Waals surface area contributed by atoms with Crippen LogP contribution in [0.15, 0.2) is 22.5 Å². The van der Waals surface area contributed by atoms with Gasteiger partial charge in [0.25, 0.3) is 20.9 Å². The van der Waals surface area contributed by atoms with Gasteiger partial charge < -0.3 is 11.1 Å². The van der Waals surface area contributed by atoms with Crippen molar-refractivity contribution in [3.05, 3.63) is 29.6 Å². The van der Waals surface area contributed by atoms with Crippen LogP contribution in [-0.4, -0.2) is 30.4 Å². The first-order valence-corrected chi connectivity index (χ1v) is 8.11. The molecule has 4 N–H and O–H groups in total. The Morgan fingerprint density at radius 3 is 2.65 bits per heavy atom. The van der Waals surface area contributed by atoms with E-state index in [1.807, 2.05) is 0 Å². The lowest BCUT2D eigenvalue weighted by atomic mass is 10.3. The van der Waals surface area contributed by atoms with E-state index in [2.05, 4.69) is 15.5 Å². The summed E-state index contributed by atoms with van der Waals surface area (Å²) >= 11 is 0.630. The minimum Gasteiger partial charge on any atom is -0.366 e. The molecule has 0 fully saturated rings. The van der Waals surface area contributed by atoms with Crippen molar-refractivity contribution in [2.45, 2.75) is 4.21 Å². The van der Waals surface area contributed by atoms with Gasteiger partial charge in [-0.2, -0.15) is 5.10 Å². The van der Waals surface area contributed by atoms with Gasteiger partial charge in [-0.15, -0.1) is 11.3 Å². The summed E-state index contributed by atoms with van der Waals surface area (Å²) in [6.07, 6.45) is 1.44. The molecular weight excluding hydrogens is 328 g/mol. The van der Waals surface area contributed by atoms with Gasteiger partial charge in [0.2, 0.25) is 0 Å². The van der Waals surface area contributed by atoms with Crippen LogP contribution in [0.5, 0.6) is 0 Å². The summed E-state index contributed by atoms with van der Waals surface area (Å²) in [5.74, 6) is -1.50. The number of rotatable bonds is 4. The minimum atomic E-state index is -4.02. The maximum absolute atomic E-state index is 11.8. The van der Waals surface area contributed by atoms with Gasteiger partial charge >= 0.3 is 0 Å². The third-order valence-electron chi connectivity index (χ3n) is 2.18. The highest BCUT2D eigenvalue weighted by Gasteiger charge is 2.22. The van der Waals surface area contributed by atoms with E-state index >= 15 is 0 Å². The lowest BCUT2D eigenvalue weighted by molar-refractivity contribution is 0.100.